The summed E-state index contributed by atoms with van der Waals surface area (Å²) in [5.74, 6) is -0.117. The zero-order valence-corrected chi connectivity index (χ0v) is 16.6. The van der Waals surface area contributed by atoms with Crippen LogP contribution in [0.15, 0.2) is 48.5 Å². The monoisotopic (exact) mass is 422 g/mol. The molecular formula is C22H22ClF3N2O. The van der Waals surface area contributed by atoms with Gasteiger partial charge in [0.25, 0.3) is 5.91 Å². The molecule has 0 aliphatic carbocycles. The molecule has 4 rings (SSSR count). The topological polar surface area (TPSA) is 23.6 Å². The van der Waals surface area contributed by atoms with Crippen LogP contribution in [0, 0.1) is 0 Å². The molecule has 2 aliphatic rings. The standard InChI is InChI=1S/C22H22ClF3N2O/c23-17-8-5-15(6-9-17)16-7-10-18-14-28(12-11-27(18)13-16)21(29)19-3-1-2-4-20(19)22(24,25)26/h1-6,8-9,16,18H,7,10-14H2/t16-,18+/m0/s1. The van der Waals surface area contributed by atoms with E-state index in [1.54, 1.807) is 4.90 Å². The van der Waals surface area contributed by atoms with Crippen LogP contribution in [-0.4, -0.2) is 47.9 Å². The van der Waals surface area contributed by atoms with Crippen LogP contribution >= 0.6 is 11.6 Å². The summed E-state index contributed by atoms with van der Waals surface area (Å²) in [6, 6.07) is 13.1. The molecule has 0 radical (unpaired) electrons. The molecule has 0 unspecified atom stereocenters. The molecule has 0 aromatic heterocycles. The molecule has 0 bridgehead atoms. The largest absolute Gasteiger partial charge is 0.417 e. The molecule has 29 heavy (non-hydrogen) atoms. The zero-order valence-electron chi connectivity index (χ0n) is 15.8. The van der Waals surface area contributed by atoms with Crippen molar-refractivity contribution in [2.75, 3.05) is 26.2 Å². The maximum atomic E-state index is 13.3. The number of fused-ring (bicyclic) bond motifs is 1. The van der Waals surface area contributed by atoms with E-state index in [4.69, 9.17) is 11.6 Å². The predicted molar refractivity (Wildman–Crippen MR) is 106 cm³/mol. The van der Waals surface area contributed by atoms with Gasteiger partial charge in [0, 0.05) is 37.2 Å². The van der Waals surface area contributed by atoms with E-state index in [1.165, 1.54) is 23.8 Å². The fourth-order valence-corrected chi connectivity index (χ4v) is 4.58. The molecule has 2 fully saturated rings. The van der Waals surface area contributed by atoms with E-state index in [0.29, 0.717) is 30.6 Å². The fourth-order valence-electron chi connectivity index (χ4n) is 4.45. The number of alkyl halides is 3. The smallest absolute Gasteiger partial charge is 0.336 e. The van der Waals surface area contributed by atoms with E-state index in [1.807, 2.05) is 12.1 Å². The van der Waals surface area contributed by atoms with Crippen LogP contribution in [0.25, 0.3) is 0 Å². The minimum Gasteiger partial charge on any atom is -0.336 e. The number of halogens is 4. The van der Waals surface area contributed by atoms with Crippen molar-refractivity contribution in [3.8, 4) is 0 Å². The molecule has 0 spiro atoms. The Balaban J connectivity index is 1.44. The van der Waals surface area contributed by atoms with Gasteiger partial charge in [-0.05, 0) is 48.6 Å². The van der Waals surface area contributed by atoms with Crippen molar-refractivity contribution < 1.29 is 18.0 Å². The fraction of sp³-hybridized carbons (Fsp3) is 0.409. The van der Waals surface area contributed by atoms with Crippen LogP contribution in [0.4, 0.5) is 13.2 Å². The summed E-state index contributed by atoms with van der Waals surface area (Å²) < 4.78 is 39.9. The second kappa shape index (κ2) is 8.00. The number of nitrogens with zero attached hydrogens (tertiary/aromatic N) is 2. The van der Waals surface area contributed by atoms with Crippen molar-refractivity contribution in [2.45, 2.75) is 31.0 Å². The van der Waals surface area contributed by atoms with Gasteiger partial charge in [-0.25, -0.2) is 0 Å². The number of hydrogen-bond donors (Lipinski definition) is 0. The minimum atomic E-state index is -4.54. The Kier molecular flexibility index (Phi) is 5.58. The van der Waals surface area contributed by atoms with Gasteiger partial charge in [-0.15, -0.1) is 0 Å². The van der Waals surface area contributed by atoms with Crippen molar-refractivity contribution in [3.63, 3.8) is 0 Å². The average Bonchev–Trinajstić information content (AvgIpc) is 2.72. The number of rotatable bonds is 2. The van der Waals surface area contributed by atoms with Gasteiger partial charge in [-0.2, -0.15) is 13.2 Å². The van der Waals surface area contributed by atoms with Crippen LogP contribution < -0.4 is 0 Å². The molecular weight excluding hydrogens is 401 g/mol. The van der Waals surface area contributed by atoms with Crippen LogP contribution in [0.5, 0.6) is 0 Å². The van der Waals surface area contributed by atoms with Crippen LogP contribution in [-0.2, 0) is 6.18 Å². The van der Waals surface area contributed by atoms with Crippen molar-refractivity contribution in [1.29, 1.82) is 0 Å². The molecule has 1 amide bonds. The third kappa shape index (κ3) is 4.28. The summed E-state index contributed by atoms with van der Waals surface area (Å²) in [5, 5.41) is 0.716. The lowest BCUT2D eigenvalue weighted by atomic mass is 9.86. The normalized spacial score (nSPS) is 23.0. The predicted octanol–water partition coefficient (Wildman–Crippen LogP) is 5.06. The third-order valence-corrected chi connectivity index (χ3v) is 6.25. The molecule has 2 atom stereocenters. The van der Waals surface area contributed by atoms with E-state index in [0.717, 1.165) is 25.5 Å². The molecule has 2 aromatic carbocycles. The Hall–Kier alpha value is -2.05. The maximum absolute atomic E-state index is 13.3. The van der Waals surface area contributed by atoms with E-state index >= 15 is 0 Å². The van der Waals surface area contributed by atoms with E-state index < -0.39 is 17.6 Å². The van der Waals surface area contributed by atoms with Gasteiger partial charge in [0.05, 0.1) is 11.1 Å². The SMILES string of the molecule is O=C(c1ccccc1C(F)(F)F)N1CCN2C[C@@H](c3ccc(Cl)cc3)CC[C@@H]2C1. The van der Waals surface area contributed by atoms with Crippen molar-refractivity contribution in [2.24, 2.45) is 0 Å². The molecule has 2 aromatic rings. The first-order valence-corrected chi connectivity index (χ1v) is 10.2. The first-order valence-electron chi connectivity index (χ1n) is 9.78. The lowest BCUT2D eigenvalue weighted by Crippen LogP contribution is -2.57. The number of benzene rings is 2. The summed E-state index contributed by atoms with van der Waals surface area (Å²) in [4.78, 5) is 16.8. The Morgan fingerprint density at radius 1 is 0.966 bits per heavy atom. The van der Waals surface area contributed by atoms with Crippen molar-refractivity contribution in [1.82, 2.24) is 9.80 Å². The first-order chi connectivity index (χ1) is 13.8. The highest BCUT2D eigenvalue weighted by Gasteiger charge is 2.39. The average molecular weight is 423 g/mol. The van der Waals surface area contributed by atoms with E-state index in [2.05, 4.69) is 17.0 Å². The van der Waals surface area contributed by atoms with Crippen molar-refractivity contribution >= 4 is 17.5 Å². The van der Waals surface area contributed by atoms with Gasteiger partial charge >= 0.3 is 6.18 Å². The number of piperidine rings is 1. The highest BCUT2D eigenvalue weighted by Crippen LogP contribution is 2.35. The summed E-state index contributed by atoms with van der Waals surface area (Å²) in [6.45, 7) is 2.48. The summed E-state index contributed by atoms with van der Waals surface area (Å²) in [6.07, 6.45) is -2.63. The first kappa shape index (κ1) is 20.2. The Morgan fingerprint density at radius 2 is 1.69 bits per heavy atom. The quantitative estimate of drug-likeness (QED) is 0.675. The van der Waals surface area contributed by atoms with Gasteiger partial charge in [0.1, 0.15) is 0 Å². The minimum absolute atomic E-state index is 0.189. The van der Waals surface area contributed by atoms with E-state index in [9.17, 15) is 18.0 Å². The summed E-state index contributed by atoms with van der Waals surface area (Å²) >= 11 is 5.98. The summed E-state index contributed by atoms with van der Waals surface area (Å²) in [7, 11) is 0. The van der Waals surface area contributed by atoms with Gasteiger partial charge < -0.3 is 4.90 Å². The summed E-state index contributed by atoms with van der Waals surface area (Å²) in [5.41, 5.74) is 0.132. The molecule has 2 aliphatic heterocycles. The van der Waals surface area contributed by atoms with Crippen LogP contribution in [0.3, 0.4) is 0 Å². The van der Waals surface area contributed by atoms with E-state index in [-0.39, 0.29) is 11.6 Å². The molecule has 2 saturated heterocycles. The molecule has 0 N–H and O–H groups in total. The Bertz CT molecular complexity index is 884. The van der Waals surface area contributed by atoms with Crippen LogP contribution in [0.1, 0.15) is 40.2 Å². The highest BCUT2D eigenvalue weighted by atomic mass is 35.5. The zero-order chi connectivity index (χ0) is 20.6. The lowest BCUT2D eigenvalue weighted by Gasteiger charge is -2.46. The number of amides is 1. The Labute approximate surface area is 173 Å². The number of carbonyl (C=O) groups excluding carboxylic acids is 1. The number of piperazine rings is 1. The lowest BCUT2D eigenvalue weighted by molar-refractivity contribution is -0.138. The second-order valence-electron chi connectivity index (χ2n) is 7.77. The third-order valence-electron chi connectivity index (χ3n) is 6.00. The molecule has 0 saturated carbocycles. The molecule has 154 valence electrons. The maximum Gasteiger partial charge on any atom is 0.417 e. The van der Waals surface area contributed by atoms with Gasteiger partial charge in [-0.1, -0.05) is 35.9 Å². The molecule has 3 nitrogen and oxygen atoms in total. The molecule has 2 heterocycles. The number of carbonyl (C=O) groups is 1. The Morgan fingerprint density at radius 3 is 2.41 bits per heavy atom. The highest BCUT2D eigenvalue weighted by molar-refractivity contribution is 6.30. The van der Waals surface area contributed by atoms with Gasteiger partial charge in [-0.3, -0.25) is 9.69 Å². The van der Waals surface area contributed by atoms with Crippen molar-refractivity contribution in [3.05, 3.63) is 70.2 Å². The molecule has 7 heteroatoms. The van der Waals surface area contributed by atoms with Crippen LogP contribution in [0.2, 0.25) is 5.02 Å². The van der Waals surface area contributed by atoms with Gasteiger partial charge in [0.15, 0.2) is 0 Å². The number of hydrogen-bond acceptors (Lipinski definition) is 2. The van der Waals surface area contributed by atoms with Gasteiger partial charge in [0.2, 0.25) is 0 Å². The second-order valence-corrected chi connectivity index (χ2v) is 8.21.